The Hall–Kier alpha value is -0.580. The van der Waals surface area contributed by atoms with Crippen LogP contribution in [0.15, 0.2) is 0 Å². The second-order valence-corrected chi connectivity index (χ2v) is 2.37. The average molecular weight is 115 g/mol. The Balaban J connectivity index is 3.87. The first-order valence-corrected chi connectivity index (χ1v) is 2.54. The molecular weight excluding hydrogens is 105 g/mol. The highest BCUT2D eigenvalue weighted by Crippen LogP contribution is 2.16. The van der Waals surface area contributed by atoms with E-state index in [-0.39, 0.29) is 0 Å². The number of halogens is 1. The minimum atomic E-state index is -1.35. The summed E-state index contributed by atoms with van der Waals surface area (Å²) in [7, 11) is 0. The third kappa shape index (κ3) is 1.92. The maximum atomic E-state index is 12.6. The van der Waals surface area contributed by atoms with Crippen LogP contribution in [-0.4, -0.2) is 11.7 Å². The van der Waals surface area contributed by atoms with E-state index in [1.807, 2.05) is 0 Å². The van der Waals surface area contributed by atoms with Crippen molar-refractivity contribution in [2.45, 2.75) is 32.5 Å². The van der Waals surface area contributed by atoms with E-state index in [1.54, 1.807) is 6.92 Å². The van der Waals surface area contributed by atoms with E-state index in [0.29, 0.717) is 0 Å². The van der Waals surface area contributed by atoms with Gasteiger partial charge in [-0.15, -0.1) is 0 Å². The molecule has 2 heteroatoms. The van der Waals surface area contributed by atoms with E-state index < -0.39 is 11.7 Å². The lowest BCUT2D eigenvalue weighted by molar-refractivity contribution is 0.200. The van der Waals surface area contributed by atoms with Crippen LogP contribution >= 0.6 is 0 Å². The third-order valence-electron chi connectivity index (χ3n) is 1.19. The van der Waals surface area contributed by atoms with Gasteiger partial charge in [0.05, 0.1) is 0 Å². The van der Waals surface area contributed by atoms with Crippen LogP contribution in [0.5, 0.6) is 0 Å². The van der Waals surface area contributed by atoms with E-state index in [2.05, 4.69) is 4.85 Å². The number of nitrogens with zero attached hydrogens (tertiary/aromatic N) is 1. The SMILES string of the molecule is [C-]#[N+]C(C)C(C)(C)F. The Morgan fingerprint density at radius 3 is 2.00 bits per heavy atom. The summed E-state index contributed by atoms with van der Waals surface area (Å²) in [6, 6.07) is -0.525. The Morgan fingerprint density at radius 1 is 1.62 bits per heavy atom. The summed E-state index contributed by atoms with van der Waals surface area (Å²) in [5.74, 6) is 0. The van der Waals surface area contributed by atoms with Crippen molar-refractivity contribution < 1.29 is 4.39 Å². The minimum absolute atomic E-state index is 0.525. The van der Waals surface area contributed by atoms with Crippen LogP contribution < -0.4 is 0 Å². The van der Waals surface area contributed by atoms with Gasteiger partial charge in [-0.25, -0.2) is 11.0 Å². The summed E-state index contributed by atoms with van der Waals surface area (Å²) < 4.78 is 12.6. The second-order valence-electron chi connectivity index (χ2n) is 2.37. The molecule has 0 aromatic carbocycles. The van der Waals surface area contributed by atoms with E-state index in [1.165, 1.54) is 13.8 Å². The molecule has 0 fully saturated rings. The summed E-state index contributed by atoms with van der Waals surface area (Å²) >= 11 is 0. The number of rotatable bonds is 1. The van der Waals surface area contributed by atoms with Crippen LogP contribution in [0, 0.1) is 6.57 Å². The van der Waals surface area contributed by atoms with Gasteiger partial charge in [-0.2, -0.15) is 0 Å². The van der Waals surface area contributed by atoms with Crippen LogP contribution in [0.2, 0.25) is 0 Å². The highest BCUT2D eigenvalue weighted by atomic mass is 19.1. The van der Waals surface area contributed by atoms with Crippen molar-refractivity contribution in [2.24, 2.45) is 0 Å². The topological polar surface area (TPSA) is 4.36 Å². The van der Waals surface area contributed by atoms with Gasteiger partial charge in [0, 0.05) is 6.92 Å². The van der Waals surface area contributed by atoms with Crippen molar-refractivity contribution in [3.8, 4) is 0 Å². The second kappa shape index (κ2) is 2.13. The molecule has 8 heavy (non-hydrogen) atoms. The summed E-state index contributed by atoms with van der Waals surface area (Å²) in [6.07, 6.45) is 0. The van der Waals surface area contributed by atoms with E-state index >= 15 is 0 Å². The summed E-state index contributed by atoms with van der Waals surface area (Å²) in [4.78, 5) is 3.03. The van der Waals surface area contributed by atoms with Gasteiger partial charge < -0.3 is 4.85 Å². The Labute approximate surface area is 49.3 Å². The first kappa shape index (κ1) is 7.42. The normalized spacial score (nSPS) is 14.9. The Morgan fingerprint density at radius 2 is 2.00 bits per heavy atom. The quantitative estimate of drug-likeness (QED) is 0.460. The molecule has 0 radical (unpaired) electrons. The van der Waals surface area contributed by atoms with Crippen molar-refractivity contribution >= 4 is 0 Å². The zero-order valence-electron chi connectivity index (χ0n) is 5.40. The lowest BCUT2D eigenvalue weighted by Gasteiger charge is -2.10. The zero-order chi connectivity index (χ0) is 6.78. The van der Waals surface area contributed by atoms with E-state index in [4.69, 9.17) is 6.57 Å². The van der Waals surface area contributed by atoms with Crippen LogP contribution in [0.1, 0.15) is 20.8 Å². The number of hydrogen-bond acceptors (Lipinski definition) is 0. The van der Waals surface area contributed by atoms with Crippen LogP contribution in [-0.2, 0) is 0 Å². The third-order valence-corrected chi connectivity index (χ3v) is 1.19. The molecule has 0 aromatic heterocycles. The molecule has 0 N–H and O–H groups in total. The van der Waals surface area contributed by atoms with Crippen LogP contribution in [0.3, 0.4) is 0 Å². The fraction of sp³-hybridized carbons (Fsp3) is 0.833. The number of alkyl halides is 1. The molecule has 0 rings (SSSR count). The molecule has 0 saturated carbocycles. The van der Waals surface area contributed by atoms with Crippen molar-refractivity contribution in [2.75, 3.05) is 0 Å². The van der Waals surface area contributed by atoms with Gasteiger partial charge in [-0.3, -0.25) is 0 Å². The molecule has 0 spiro atoms. The molecule has 0 saturated heterocycles. The van der Waals surface area contributed by atoms with Gasteiger partial charge in [0.1, 0.15) is 0 Å². The van der Waals surface area contributed by atoms with Crippen molar-refractivity contribution in [3.05, 3.63) is 11.4 Å². The molecule has 46 valence electrons. The predicted molar refractivity (Wildman–Crippen MR) is 31.3 cm³/mol. The van der Waals surface area contributed by atoms with Gasteiger partial charge in [0.2, 0.25) is 0 Å². The fourth-order valence-electron chi connectivity index (χ4n) is 0.153. The lowest BCUT2D eigenvalue weighted by atomic mass is 10.0. The molecule has 0 aliphatic rings. The van der Waals surface area contributed by atoms with Gasteiger partial charge in [-0.1, -0.05) is 0 Å². The van der Waals surface area contributed by atoms with Gasteiger partial charge in [-0.05, 0) is 13.8 Å². The summed E-state index contributed by atoms with van der Waals surface area (Å²) in [5, 5.41) is 0. The summed E-state index contributed by atoms with van der Waals surface area (Å²) in [6.45, 7) is 10.9. The first-order chi connectivity index (χ1) is 3.48. The zero-order valence-corrected chi connectivity index (χ0v) is 5.40. The molecule has 0 amide bonds. The Kier molecular flexibility index (Phi) is 1.97. The van der Waals surface area contributed by atoms with Crippen LogP contribution in [0.25, 0.3) is 4.85 Å². The first-order valence-electron chi connectivity index (χ1n) is 2.54. The van der Waals surface area contributed by atoms with E-state index in [9.17, 15) is 4.39 Å². The van der Waals surface area contributed by atoms with Gasteiger partial charge >= 0.3 is 0 Å². The highest BCUT2D eigenvalue weighted by Gasteiger charge is 2.29. The molecule has 0 aliphatic heterocycles. The summed E-state index contributed by atoms with van der Waals surface area (Å²) in [5.41, 5.74) is -1.35. The Bertz CT molecular complexity index is 107. The molecule has 1 atom stereocenters. The number of hydrogen-bond donors (Lipinski definition) is 0. The molecule has 1 nitrogen and oxygen atoms in total. The molecular formula is C6H10FN. The molecule has 0 heterocycles. The van der Waals surface area contributed by atoms with E-state index in [0.717, 1.165) is 0 Å². The van der Waals surface area contributed by atoms with Crippen molar-refractivity contribution in [3.63, 3.8) is 0 Å². The highest BCUT2D eigenvalue weighted by molar-refractivity contribution is 4.88. The molecule has 0 bridgehead atoms. The molecule has 1 unspecified atom stereocenters. The lowest BCUT2D eigenvalue weighted by Crippen LogP contribution is -2.25. The van der Waals surface area contributed by atoms with Crippen molar-refractivity contribution in [1.29, 1.82) is 0 Å². The maximum Gasteiger partial charge on any atom is 0.253 e. The fourth-order valence-corrected chi connectivity index (χ4v) is 0.153. The van der Waals surface area contributed by atoms with Crippen LogP contribution in [0.4, 0.5) is 4.39 Å². The van der Waals surface area contributed by atoms with Gasteiger partial charge in [0.15, 0.2) is 5.67 Å². The molecule has 0 aromatic rings. The monoisotopic (exact) mass is 115 g/mol. The minimum Gasteiger partial charge on any atom is -0.310 e. The van der Waals surface area contributed by atoms with Crippen molar-refractivity contribution in [1.82, 2.24) is 0 Å². The standard InChI is InChI=1S/C6H10FN/c1-5(8-4)6(2,3)7/h5H,1-3H3. The van der Waals surface area contributed by atoms with Gasteiger partial charge in [0.25, 0.3) is 6.04 Å². The molecule has 0 aliphatic carbocycles. The predicted octanol–water partition coefficient (Wildman–Crippen LogP) is 2.04. The smallest absolute Gasteiger partial charge is 0.253 e. The maximum absolute atomic E-state index is 12.6. The largest absolute Gasteiger partial charge is 0.310 e. The average Bonchev–Trinajstić information content (AvgIpc) is 1.62.